The Morgan fingerprint density at radius 2 is 1.91 bits per heavy atom. The number of rotatable bonds is 7. The van der Waals surface area contributed by atoms with Crippen molar-refractivity contribution >= 4 is 11.8 Å². The summed E-state index contributed by atoms with van der Waals surface area (Å²) in [5, 5.41) is 2.77. The van der Waals surface area contributed by atoms with Crippen molar-refractivity contribution in [3.8, 4) is 5.75 Å². The number of hydrogen-bond acceptors (Lipinski definition) is 3. The van der Waals surface area contributed by atoms with Gasteiger partial charge >= 0.3 is 0 Å². The molecule has 0 unspecified atom stereocenters. The van der Waals surface area contributed by atoms with Crippen LogP contribution >= 0.6 is 0 Å². The van der Waals surface area contributed by atoms with E-state index in [1.165, 1.54) is 0 Å². The molecule has 0 spiro atoms. The van der Waals surface area contributed by atoms with Crippen LogP contribution in [0.25, 0.3) is 0 Å². The largest absolute Gasteiger partial charge is 0.490 e. The Labute approximate surface area is 130 Å². The summed E-state index contributed by atoms with van der Waals surface area (Å²) in [4.78, 5) is 25.7. The Hall–Kier alpha value is -2.30. The van der Waals surface area contributed by atoms with Crippen LogP contribution in [0.15, 0.2) is 36.9 Å². The minimum atomic E-state index is -0.176. The number of benzene rings is 1. The number of amides is 2. The van der Waals surface area contributed by atoms with E-state index in [4.69, 9.17) is 4.74 Å². The number of ether oxygens (including phenoxy) is 1. The predicted molar refractivity (Wildman–Crippen MR) is 84.9 cm³/mol. The van der Waals surface area contributed by atoms with E-state index in [-0.39, 0.29) is 11.8 Å². The number of likely N-dealkylation sites (tertiary alicyclic amines) is 1. The molecular weight excluding hydrogens is 280 g/mol. The Balaban J connectivity index is 1.74. The molecule has 1 N–H and O–H groups in total. The molecule has 1 aliphatic rings. The molecule has 0 aromatic heterocycles. The van der Waals surface area contributed by atoms with Gasteiger partial charge < -0.3 is 15.0 Å². The first-order chi connectivity index (χ1) is 10.7. The summed E-state index contributed by atoms with van der Waals surface area (Å²) < 4.78 is 5.36. The molecular formula is C17H22N2O3. The summed E-state index contributed by atoms with van der Waals surface area (Å²) in [6.45, 7) is 6.07. The third-order valence-electron chi connectivity index (χ3n) is 3.57. The van der Waals surface area contributed by atoms with Gasteiger partial charge in [-0.25, -0.2) is 0 Å². The molecule has 0 atom stereocenters. The number of nitrogens with zero attached hydrogens (tertiary/aromatic N) is 1. The quantitative estimate of drug-likeness (QED) is 0.784. The van der Waals surface area contributed by atoms with E-state index in [0.29, 0.717) is 30.9 Å². The Morgan fingerprint density at radius 1 is 1.23 bits per heavy atom. The molecule has 0 bridgehead atoms. The minimum Gasteiger partial charge on any atom is -0.490 e. The van der Waals surface area contributed by atoms with Crippen molar-refractivity contribution in [1.82, 2.24) is 10.2 Å². The lowest BCUT2D eigenvalue weighted by Crippen LogP contribution is -2.32. The molecule has 1 fully saturated rings. The standard InChI is InChI=1S/C17H22N2O3/c1-2-13-22-15-7-5-14(6-8-15)17(21)18-10-9-16(20)19-11-3-4-12-19/h2,5-8H,1,3-4,9-13H2,(H,18,21). The fourth-order valence-corrected chi connectivity index (χ4v) is 2.37. The van der Waals surface area contributed by atoms with Gasteiger partial charge in [0, 0.05) is 31.6 Å². The first-order valence-electron chi connectivity index (χ1n) is 7.60. The SMILES string of the molecule is C=CCOc1ccc(C(=O)NCCC(=O)N2CCCC2)cc1. The topological polar surface area (TPSA) is 58.6 Å². The van der Waals surface area contributed by atoms with Gasteiger partial charge in [-0.15, -0.1) is 0 Å². The zero-order valence-electron chi connectivity index (χ0n) is 12.7. The Morgan fingerprint density at radius 3 is 2.55 bits per heavy atom. The van der Waals surface area contributed by atoms with E-state index >= 15 is 0 Å². The highest BCUT2D eigenvalue weighted by Gasteiger charge is 2.17. The maximum Gasteiger partial charge on any atom is 0.251 e. The number of carbonyl (C=O) groups excluding carboxylic acids is 2. The van der Waals surface area contributed by atoms with Crippen molar-refractivity contribution in [1.29, 1.82) is 0 Å². The number of hydrogen-bond donors (Lipinski definition) is 1. The van der Waals surface area contributed by atoms with Gasteiger partial charge in [0.25, 0.3) is 5.91 Å². The summed E-state index contributed by atoms with van der Waals surface area (Å²) in [6.07, 6.45) is 4.18. The van der Waals surface area contributed by atoms with Gasteiger partial charge in [0.1, 0.15) is 12.4 Å². The van der Waals surface area contributed by atoms with Crippen molar-refractivity contribution in [2.75, 3.05) is 26.2 Å². The van der Waals surface area contributed by atoms with Crippen molar-refractivity contribution < 1.29 is 14.3 Å². The summed E-state index contributed by atoms with van der Waals surface area (Å²) in [6, 6.07) is 6.90. The number of nitrogens with one attached hydrogen (secondary N) is 1. The molecule has 0 saturated carbocycles. The van der Waals surface area contributed by atoms with Gasteiger partial charge in [0.15, 0.2) is 0 Å². The first kappa shape index (κ1) is 16.1. The van der Waals surface area contributed by atoms with E-state index in [9.17, 15) is 9.59 Å². The molecule has 0 aliphatic carbocycles. The molecule has 5 heteroatoms. The zero-order valence-corrected chi connectivity index (χ0v) is 12.7. The molecule has 2 rings (SSSR count). The van der Waals surface area contributed by atoms with Crippen LogP contribution < -0.4 is 10.1 Å². The fraction of sp³-hybridized carbons (Fsp3) is 0.412. The maximum absolute atomic E-state index is 12.0. The molecule has 5 nitrogen and oxygen atoms in total. The summed E-state index contributed by atoms with van der Waals surface area (Å²) >= 11 is 0. The van der Waals surface area contributed by atoms with Crippen LogP contribution in [0.2, 0.25) is 0 Å². The number of carbonyl (C=O) groups is 2. The van der Waals surface area contributed by atoms with Crippen LogP contribution in [0.3, 0.4) is 0 Å². The third-order valence-corrected chi connectivity index (χ3v) is 3.57. The van der Waals surface area contributed by atoms with E-state index in [1.54, 1.807) is 30.3 Å². The first-order valence-corrected chi connectivity index (χ1v) is 7.60. The summed E-state index contributed by atoms with van der Waals surface area (Å²) in [5.74, 6) is 0.635. The molecule has 1 saturated heterocycles. The molecule has 1 heterocycles. The average Bonchev–Trinajstić information content (AvgIpc) is 3.07. The van der Waals surface area contributed by atoms with Crippen LogP contribution in [-0.2, 0) is 4.79 Å². The molecule has 2 amide bonds. The lowest BCUT2D eigenvalue weighted by atomic mass is 10.2. The second-order valence-corrected chi connectivity index (χ2v) is 5.22. The molecule has 1 aromatic rings. The highest BCUT2D eigenvalue weighted by molar-refractivity contribution is 5.94. The monoisotopic (exact) mass is 302 g/mol. The van der Waals surface area contributed by atoms with Gasteiger partial charge in [-0.3, -0.25) is 9.59 Å². The predicted octanol–water partition coefficient (Wildman–Crippen LogP) is 1.99. The maximum atomic E-state index is 12.0. The Bertz CT molecular complexity index is 519. The van der Waals surface area contributed by atoms with Crippen molar-refractivity contribution in [3.05, 3.63) is 42.5 Å². The van der Waals surface area contributed by atoms with E-state index < -0.39 is 0 Å². The average molecular weight is 302 g/mol. The van der Waals surface area contributed by atoms with Crippen molar-refractivity contribution in [2.24, 2.45) is 0 Å². The normalized spacial score (nSPS) is 13.7. The second kappa shape index (κ2) is 8.22. The lowest BCUT2D eigenvalue weighted by Gasteiger charge is -2.15. The van der Waals surface area contributed by atoms with E-state index in [2.05, 4.69) is 11.9 Å². The summed E-state index contributed by atoms with van der Waals surface area (Å²) in [5.41, 5.74) is 0.555. The fourth-order valence-electron chi connectivity index (χ4n) is 2.37. The van der Waals surface area contributed by atoms with Crippen molar-refractivity contribution in [3.63, 3.8) is 0 Å². The van der Waals surface area contributed by atoms with Gasteiger partial charge in [-0.05, 0) is 37.1 Å². The Kier molecular flexibility index (Phi) is 6.01. The lowest BCUT2D eigenvalue weighted by molar-refractivity contribution is -0.129. The van der Waals surface area contributed by atoms with Crippen LogP contribution in [0.1, 0.15) is 29.6 Å². The molecule has 1 aromatic carbocycles. The van der Waals surface area contributed by atoms with Crippen LogP contribution in [-0.4, -0.2) is 43.0 Å². The summed E-state index contributed by atoms with van der Waals surface area (Å²) in [7, 11) is 0. The second-order valence-electron chi connectivity index (χ2n) is 5.22. The van der Waals surface area contributed by atoms with Crippen LogP contribution in [0.4, 0.5) is 0 Å². The highest BCUT2D eigenvalue weighted by atomic mass is 16.5. The molecule has 22 heavy (non-hydrogen) atoms. The van der Waals surface area contributed by atoms with E-state index in [0.717, 1.165) is 25.9 Å². The van der Waals surface area contributed by atoms with Gasteiger partial charge in [0.05, 0.1) is 0 Å². The zero-order chi connectivity index (χ0) is 15.8. The smallest absolute Gasteiger partial charge is 0.251 e. The minimum absolute atomic E-state index is 0.117. The molecule has 118 valence electrons. The van der Waals surface area contributed by atoms with Gasteiger partial charge in [0.2, 0.25) is 5.91 Å². The third kappa shape index (κ3) is 4.62. The molecule has 1 aliphatic heterocycles. The van der Waals surface area contributed by atoms with Gasteiger partial charge in [-0.1, -0.05) is 12.7 Å². The van der Waals surface area contributed by atoms with Crippen molar-refractivity contribution in [2.45, 2.75) is 19.3 Å². The van der Waals surface area contributed by atoms with Crippen LogP contribution in [0.5, 0.6) is 5.75 Å². The molecule has 0 radical (unpaired) electrons. The van der Waals surface area contributed by atoms with Crippen LogP contribution in [0, 0.1) is 0 Å². The highest BCUT2D eigenvalue weighted by Crippen LogP contribution is 2.12. The van der Waals surface area contributed by atoms with Gasteiger partial charge in [-0.2, -0.15) is 0 Å². The van der Waals surface area contributed by atoms with E-state index in [1.807, 2.05) is 4.90 Å².